The normalized spacial score (nSPS) is 11.3. The van der Waals surface area contributed by atoms with E-state index in [2.05, 4.69) is 6.07 Å². The average molecular weight is 525 g/mol. The van der Waals surface area contributed by atoms with Gasteiger partial charge in [0.25, 0.3) is 5.69 Å². The third-order valence-electron chi connectivity index (χ3n) is 6.30. The Morgan fingerprint density at radius 2 is 1.38 bits per heavy atom. The Balaban J connectivity index is 1.82. The molecule has 0 aliphatic rings. The van der Waals surface area contributed by atoms with Crippen LogP contribution >= 0.6 is 0 Å². The van der Waals surface area contributed by atoms with Crippen molar-refractivity contribution in [2.75, 3.05) is 0 Å². The molecule has 0 unspecified atom stereocenters. The molecule has 0 fully saturated rings. The second-order valence-electron chi connectivity index (χ2n) is 8.89. The maximum Gasteiger partial charge on any atom is 0.416 e. The molecule has 0 radical (unpaired) electrons. The Morgan fingerprint density at radius 1 is 0.821 bits per heavy atom. The molecular formula is C30H19F3N4O2. The van der Waals surface area contributed by atoms with Gasteiger partial charge >= 0.3 is 6.18 Å². The van der Waals surface area contributed by atoms with Crippen molar-refractivity contribution in [1.29, 1.82) is 5.26 Å². The fourth-order valence-corrected chi connectivity index (χ4v) is 4.30. The number of non-ortho nitro benzene ring substituents is 1. The van der Waals surface area contributed by atoms with E-state index in [9.17, 15) is 28.5 Å². The van der Waals surface area contributed by atoms with E-state index in [4.69, 9.17) is 5.10 Å². The zero-order valence-corrected chi connectivity index (χ0v) is 20.5. The van der Waals surface area contributed by atoms with E-state index in [-0.39, 0.29) is 5.69 Å². The van der Waals surface area contributed by atoms with E-state index in [1.165, 1.54) is 24.3 Å². The maximum absolute atomic E-state index is 13.3. The van der Waals surface area contributed by atoms with E-state index in [1.807, 2.05) is 31.2 Å². The monoisotopic (exact) mass is 524 g/mol. The van der Waals surface area contributed by atoms with Gasteiger partial charge in [-0.05, 0) is 48.9 Å². The predicted molar refractivity (Wildman–Crippen MR) is 141 cm³/mol. The topological polar surface area (TPSA) is 84.8 Å². The molecule has 0 saturated carbocycles. The van der Waals surface area contributed by atoms with Crippen LogP contribution in [-0.4, -0.2) is 14.7 Å². The van der Waals surface area contributed by atoms with Gasteiger partial charge < -0.3 is 0 Å². The van der Waals surface area contributed by atoms with Crippen LogP contribution in [0.3, 0.4) is 0 Å². The summed E-state index contributed by atoms with van der Waals surface area (Å²) in [6.45, 7) is 1.95. The smallest absolute Gasteiger partial charge is 0.258 e. The van der Waals surface area contributed by atoms with Crippen LogP contribution in [0.4, 0.5) is 18.9 Å². The molecule has 1 aromatic heterocycles. The number of nitro benzene ring substituents is 1. The molecule has 0 saturated heterocycles. The zero-order valence-electron chi connectivity index (χ0n) is 20.5. The molecule has 192 valence electrons. The summed E-state index contributed by atoms with van der Waals surface area (Å²) >= 11 is 0. The van der Waals surface area contributed by atoms with Crippen molar-refractivity contribution in [2.45, 2.75) is 13.1 Å². The summed E-state index contributed by atoms with van der Waals surface area (Å²) < 4.78 is 41.4. The molecule has 5 aromatic rings. The second-order valence-corrected chi connectivity index (χ2v) is 8.89. The van der Waals surface area contributed by atoms with Crippen molar-refractivity contribution in [2.24, 2.45) is 0 Å². The van der Waals surface area contributed by atoms with Gasteiger partial charge in [0.05, 0.1) is 33.5 Å². The molecule has 6 nitrogen and oxygen atoms in total. The van der Waals surface area contributed by atoms with Crippen LogP contribution in [0.5, 0.6) is 0 Å². The molecule has 0 atom stereocenters. The third-order valence-corrected chi connectivity index (χ3v) is 6.30. The predicted octanol–water partition coefficient (Wildman–Crippen LogP) is 7.98. The molecule has 9 heteroatoms. The lowest BCUT2D eigenvalue weighted by molar-refractivity contribution is -0.384. The first-order chi connectivity index (χ1) is 18.7. The number of rotatable bonds is 5. The minimum absolute atomic E-state index is 0.0902. The van der Waals surface area contributed by atoms with E-state index in [1.54, 1.807) is 41.1 Å². The lowest BCUT2D eigenvalue weighted by Crippen LogP contribution is -2.04. The van der Waals surface area contributed by atoms with E-state index < -0.39 is 16.7 Å². The van der Waals surface area contributed by atoms with Crippen LogP contribution < -0.4 is 0 Å². The Kier molecular flexibility index (Phi) is 6.46. The highest BCUT2D eigenvalue weighted by molar-refractivity contribution is 5.92. The lowest BCUT2D eigenvalue weighted by Gasteiger charge is -2.12. The molecular weight excluding hydrogens is 505 g/mol. The molecule has 0 bridgehead atoms. The number of halogens is 3. The van der Waals surface area contributed by atoms with Gasteiger partial charge in [0.2, 0.25) is 0 Å². The number of alkyl halides is 3. The highest BCUT2D eigenvalue weighted by atomic mass is 19.4. The van der Waals surface area contributed by atoms with Gasteiger partial charge in [-0.15, -0.1) is 0 Å². The van der Waals surface area contributed by atoms with Gasteiger partial charge in [0.15, 0.2) is 0 Å². The van der Waals surface area contributed by atoms with E-state index in [0.717, 1.165) is 23.3 Å². The number of hydrogen-bond acceptors (Lipinski definition) is 4. The van der Waals surface area contributed by atoms with Crippen LogP contribution in [0.2, 0.25) is 0 Å². The Bertz CT molecular complexity index is 1700. The van der Waals surface area contributed by atoms with Gasteiger partial charge in [-0.25, -0.2) is 4.68 Å². The molecule has 1 heterocycles. The minimum Gasteiger partial charge on any atom is -0.258 e. The lowest BCUT2D eigenvalue weighted by atomic mass is 9.94. The summed E-state index contributed by atoms with van der Waals surface area (Å²) in [5, 5.41) is 25.4. The summed E-state index contributed by atoms with van der Waals surface area (Å²) in [5.41, 5.74) is 4.81. The van der Waals surface area contributed by atoms with Crippen LogP contribution in [0.25, 0.3) is 39.3 Å². The number of hydrogen-bond donors (Lipinski definition) is 0. The number of nitrogens with zero attached hydrogens (tertiary/aromatic N) is 4. The van der Waals surface area contributed by atoms with Crippen LogP contribution in [0.1, 0.15) is 16.7 Å². The third kappa shape index (κ3) is 5.00. The van der Waals surface area contributed by atoms with Crippen LogP contribution in [0.15, 0.2) is 97.1 Å². The Hall–Kier alpha value is -5.23. The van der Waals surface area contributed by atoms with Crippen molar-refractivity contribution in [1.82, 2.24) is 9.78 Å². The maximum atomic E-state index is 13.3. The fourth-order valence-electron chi connectivity index (χ4n) is 4.30. The van der Waals surface area contributed by atoms with Crippen molar-refractivity contribution in [3.05, 3.63) is 124 Å². The average Bonchev–Trinajstić information content (AvgIpc) is 3.34. The molecule has 5 rings (SSSR count). The van der Waals surface area contributed by atoms with Crippen molar-refractivity contribution < 1.29 is 18.1 Å². The van der Waals surface area contributed by atoms with Crippen molar-refractivity contribution in [3.8, 4) is 45.4 Å². The fraction of sp³-hybridized carbons (Fsp3) is 0.0667. The number of nitriles is 1. The van der Waals surface area contributed by atoms with Gasteiger partial charge in [-0.1, -0.05) is 54.1 Å². The molecule has 4 aromatic carbocycles. The second kappa shape index (κ2) is 9.91. The molecule has 0 amide bonds. The summed E-state index contributed by atoms with van der Waals surface area (Å²) in [6.07, 6.45) is -4.48. The SMILES string of the molecule is Cc1ccc(-c2c(-c3ccc(C(F)(F)F)cc3)nn(-c3ccc([N+](=O)[O-])cc3)c2-c2ccc(C#N)cc2)cc1. The van der Waals surface area contributed by atoms with Crippen molar-refractivity contribution >= 4 is 5.69 Å². The molecule has 0 aliphatic carbocycles. The molecule has 0 N–H and O–H groups in total. The summed E-state index contributed by atoms with van der Waals surface area (Å²) in [5.74, 6) is 0. The standard InChI is InChI=1S/C30H19F3N4O2/c1-19-2-6-21(7-3-19)27-28(22-10-12-24(13-11-22)30(31,32)33)35-36(25-14-16-26(17-15-25)37(38)39)29(27)23-8-4-20(18-34)5-9-23/h2-17H,1H3. The minimum atomic E-state index is -4.48. The van der Waals surface area contributed by atoms with E-state index in [0.29, 0.717) is 39.3 Å². The molecule has 39 heavy (non-hydrogen) atoms. The van der Waals surface area contributed by atoms with Gasteiger partial charge in [0.1, 0.15) is 5.69 Å². The highest BCUT2D eigenvalue weighted by Crippen LogP contribution is 2.42. The molecule has 0 aliphatic heterocycles. The van der Waals surface area contributed by atoms with Gasteiger partial charge in [-0.2, -0.15) is 23.5 Å². The summed E-state index contributed by atoms with van der Waals surface area (Å²) in [7, 11) is 0. The Morgan fingerprint density at radius 3 is 1.92 bits per heavy atom. The zero-order chi connectivity index (χ0) is 27.7. The molecule has 0 spiro atoms. The first kappa shape index (κ1) is 25.4. The first-order valence-corrected chi connectivity index (χ1v) is 11.8. The number of aryl methyl sites for hydroxylation is 1. The highest BCUT2D eigenvalue weighted by Gasteiger charge is 2.30. The van der Waals surface area contributed by atoms with Gasteiger partial charge in [-0.3, -0.25) is 10.1 Å². The van der Waals surface area contributed by atoms with Crippen LogP contribution in [0, 0.1) is 28.4 Å². The van der Waals surface area contributed by atoms with Crippen molar-refractivity contribution in [3.63, 3.8) is 0 Å². The Labute approximate surface area is 221 Å². The summed E-state index contributed by atoms with van der Waals surface area (Å²) in [4.78, 5) is 10.7. The number of aromatic nitrogens is 2. The number of benzene rings is 4. The largest absolute Gasteiger partial charge is 0.416 e. The summed E-state index contributed by atoms with van der Waals surface area (Å²) in [6, 6.07) is 27.3. The quantitative estimate of drug-likeness (QED) is 0.172. The van der Waals surface area contributed by atoms with Gasteiger partial charge in [0, 0.05) is 28.8 Å². The van der Waals surface area contributed by atoms with E-state index >= 15 is 0 Å². The first-order valence-electron chi connectivity index (χ1n) is 11.8. The van der Waals surface area contributed by atoms with Crippen LogP contribution in [-0.2, 0) is 6.18 Å². The number of nitro groups is 1.